The molecule has 0 unspecified atom stereocenters. The van der Waals surface area contributed by atoms with Gasteiger partial charge in [-0.3, -0.25) is 9.52 Å². The third-order valence-electron chi connectivity index (χ3n) is 3.26. The maximum atomic E-state index is 13.5. The fourth-order valence-corrected chi connectivity index (χ4v) is 3.14. The van der Waals surface area contributed by atoms with E-state index in [1.165, 1.54) is 24.3 Å². The van der Waals surface area contributed by atoms with Crippen molar-refractivity contribution in [1.82, 2.24) is 5.32 Å². The molecule has 0 aliphatic heterocycles. The van der Waals surface area contributed by atoms with Gasteiger partial charge in [0.25, 0.3) is 10.0 Å². The lowest BCUT2D eigenvalue weighted by atomic mass is 10.1. The van der Waals surface area contributed by atoms with Crippen LogP contribution in [0.1, 0.15) is 12.0 Å². The molecule has 2 aromatic carbocycles. The summed E-state index contributed by atoms with van der Waals surface area (Å²) >= 11 is 0. The number of nitriles is 1. The fourth-order valence-electron chi connectivity index (χ4n) is 2.03. The van der Waals surface area contributed by atoms with E-state index in [-0.39, 0.29) is 29.1 Å². The number of benzene rings is 2. The second kappa shape index (κ2) is 8.78. The fraction of sp³-hybridized carbons (Fsp3) is 0.111. The molecule has 2 aromatic rings. The van der Waals surface area contributed by atoms with E-state index in [2.05, 4.69) is 10.0 Å². The van der Waals surface area contributed by atoms with Crippen LogP contribution in [0.3, 0.4) is 0 Å². The predicted molar refractivity (Wildman–Crippen MR) is 95.9 cm³/mol. The summed E-state index contributed by atoms with van der Waals surface area (Å²) in [5.41, 5.74) is 0.330. The number of halogens is 1. The maximum absolute atomic E-state index is 13.5. The van der Waals surface area contributed by atoms with Crippen LogP contribution < -0.4 is 10.0 Å². The van der Waals surface area contributed by atoms with Gasteiger partial charge >= 0.3 is 0 Å². The molecule has 0 aliphatic carbocycles. The van der Waals surface area contributed by atoms with Gasteiger partial charge < -0.3 is 5.32 Å². The van der Waals surface area contributed by atoms with Crippen molar-refractivity contribution < 1.29 is 17.6 Å². The average molecular weight is 373 g/mol. The van der Waals surface area contributed by atoms with Gasteiger partial charge in [0.05, 0.1) is 23.1 Å². The molecule has 0 saturated carbocycles. The lowest BCUT2D eigenvalue weighted by molar-refractivity contribution is -0.116. The zero-order chi connectivity index (χ0) is 19.0. The van der Waals surface area contributed by atoms with E-state index >= 15 is 0 Å². The Morgan fingerprint density at radius 1 is 1.19 bits per heavy atom. The van der Waals surface area contributed by atoms with Crippen LogP contribution in [0.25, 0.3) is 6.08 Å². The van der Waals surface area contributed by atoms with Gasteiger partial charge in [0, 0.05) is 18.2 Å². The molecular weight excluding hydrogens is 357 g/mol. The topological polar surface area (TPSA) is 99.1 Å². The summed E-state index contributed by atoms with van der Waals surface area (Å²) in [6.45, 7) is 0.191. The second-order valence-corrected chi connectivity index (χ2v) is 6.87. The molecule has 134 valence electrons. The van der Waals surface area contributed by atoms with Crippen LogP contribution in [0.4, 0.5) is 10.1 Å². The normalized spacial score (nSPS) is 11.1. The van der Waals surface area contributed by atoms with Crippen molar-refractivity contribution in [1.29, 1.82) is 5.26 Å². The molecule has 0 aliphatic rings. The standard InChI is InChI=1S/C18H16FN3O3S/c19-15-8-9-17(22-26(24,25)16-5-2-1-3-6-16)14(13-15)7-10-18(23)21-12-4-11-20/h1-3,5-10,13,22H,4,12H2,(H,21,23)/b10-7+. The minimum Gasteiger partial charge on any atom is -0.352 e. The maximum Gasteiger partial charge on any atom is 0.261 e. The highest BCUT2D eigenvalue weighted by atomic mass is 32.2. The van der Waals surface area contributed by atoms with Crippen LogP contribution in [-0.2, 0) is 14.8 Å². The first-order valence-corrected chi connectivity index (χ1v) is 9.11. The first-order chi connectivity index (χ1) is 12.4. The molecule has 26 heavy (non-hydrogen) atoms. The van der Waals surface area contributed by atoms with Crippen molar-refractivity contribution in [3.8, 4) is 6.07 Å². The molecule has 2 rings (SSSR count). The van der Waals surface area contributed by atoms with Gasteiger partial charge in [-0.1, -0.05) is 18.2 Å². The highest BCUT2D eigenvalue weighted by molar-refractivity contribution is 7.92. The van der Waals surface area contributed by atoms with Crippen molar-refractivity contribution in [2.75, 3.05) is 11.3 Å². The number of nitrogens with zero attached hydrogens (tertiary/aromatic N) is 1. The Labute approximate surface area is 151 Å². The summed E-state index contributed by atoms with van der Waals surface area (Å²) in [7, 11) is -3.85. The summed E-state index contributed by atoms with van der Waals surface area (Å²) in [5.74, 6) is -1.04. The smallest absolute Gasteiger partial charge is 0.261 e. The predicted octanol–water partition coefficient (Wildman–Crippen LogP) is 2.67. The Kier molecular flexibility index (Phi) is 6.47. The van der Waals surface area contributed by atoms with Crippen LogP contribution >= 0.6 is 0 Å². The summed E-state index contributed by atoms with van der Waals surface area (Å²) < 4.78 is 40.7. The molecule has 8 heteroatoms. The zero-order valence-electron chi connectivity index (χ0n) is 13.6. The van der Waals surface area contributed by atoms with E-state index in [0.29, 0.717) is 0 Å². The Balaban J connectivity index is 2.23. The highest BCUT2D eigenvalue weighted by Gasteiger charge is 2.15. The molecule has 0 atom stereocenters. The third kappa shape index (κ3) is 5.43. The molecule has 0 aromatic heterocycles. The number of sulfonamides is 1. The molecule has 6 nitrogen and oxygen atoms in total. The van der Waals surface area contributed by atoms with Gasteiger partial charge in [0.2, 0.25) is 5.91 Å². The number of hydrogen-bond donors (Lipinski definition) is 2. The van der Waals surface area contributed by atoms with Gasteiger partial charge in [-0.2, -0.15) is 5.26 Å². The molecule has 1 amide bonds. The zero-order valence-corrected chi connectivity index (χ0v) is 14.5. The van der Waals surface area contributed by atoms with Crippen molar-refractivity contribution in [3.63, 3.8) is 0 Å². The monoisotopic (exact) mass is 373 g/mol. The van der Waals surface area contributed by atoms with E-state index in [1.807, 2.05) is 6.07 Å². The number of carbonyl (C=O) groups excluding carboxylic acids is 1. The lowest BCUT2D eigenvalue weighted by Gasteiger charge is -2.11. The van der Waals surface area contributed by atoms with Gasteiger partial charge in [-0.05, 0) is 36.4 Å². The minimum absolute atomic E-state index is 0.0634. The molecule has 0 heterocycles. The van der Waals surface area contributed by atoms with Crippen LogP contribution in [0.2, 0.25) is 0 Å². The van der Waals surface area contributed by atoms with Crippen LogP contribution in [-0.4, -0.2) is 20.9 Å². The number of rotatable bonds is 7. The average Bonchev–Trinajstić information content (AvgIpc) is 2.63. The summed E-state index contributed by atoms with van der Waals surface area (Å²) in [6, 6.07) is 13.1. The van der Waals surface area contributed by atoms with Gasteiger partial charge in [0.1, 0.15) is 5.82 Å². The number of carbonyl (C=O) groups is 1. The summed E-state index contributed by atoms with van der Waals surface area (Å²) in [6.07, 6.45) is 2.61. The van der Waals surface area contributed by atoms with E-state index < -0.39 is 21.7 Å². The van der Waals surface area contributed by atoms with E-state index in [0.717, 1.165) is 18.2 Å². The first-order valence-electron chi connectivity index (χ1n) is 7.62. The molecule has 2 N–H and O–H groups in total. The lowest BCUT2D eigenvalue weighted by Crippen LogP contribution is -2.21. The molecule has 0 radical (unpaired) electrons. The van der Waals surface area contributed by atoms with E-state index in [4.69, 9.17) is 5.26 Å². The van der Waals surface area contributed by atoms with Crippen molar-refractivity contribution in [3.05, 3.63) is 66.0 Å². The highest BCUT2D eigenvalue weighted by Crippen LogP contribution is 2.22. The number of anilines is 1. The quantitative estimate of drug-likeness (QED) is 0.576. The molecular formula is C18H16FN3O3S. The van der Waals surface area contributed by atoms with Crippen LogP contribution in [0.5, 0.6) is 0 Å². The Hall–Kier alpha value is -3.18. The minimum atomic E-state index is -3.85. The molecule has 0 spiro atoms. The Morgan fingerprint density at radius 2 is 1.92 bits per heavy atom. The number of nitrogens with one attached hydrogen (secondary N) is 2. The molecule has 0 saturated heterocycles. The van der Waals surface area contributed by atoms with Gasteiger partial charge in [-0.25, -0.2) is 12.8 Å². The second-order valence-electron chi connectivity index (χ2n) is 5.18. The summed E-state index contributed by atoms with van der Waals surface area (Å²) in [5, 5.41) is 10.9. The number of amides is 1. The van der Waals surface area contributed by atoms with E-state index in [9.17, 15) is 17.6 Å². The Morgan fingerprint density at radius 3 is 2.62 bits per heavy atom. The SMILES string of the molecule is N#CCCNC(=O)/C=C/c1cc(F)ccc1NS(=O)(=O)c1ccccc1. The summed E-state index contributed by atoms with van der Waals surface area (Å²) in [4.78, 5) is 11.7. The third-order valence-corrected chi connectivity index (χ3v) is 4.64. The molecule has 0 bridgehead atoms. The van der Waals surface area contributed by atoms with Crippen molar-refractivity contribution in [2.45, 2.75) is 11.3 Å². The number of hydrogen-bond acceptors (Lipinski definition) is 4. The van der Waals surface area contributed by atoms with Crippen molar-refractivity contribution >= 4 is 27.7 Å². The first kappa shape index (κ1) is 19.1. The van der Waals surface area contributed by atoms with E-state index in [1.54, 1.807) is 18.2 Å². The largest absolute Gasteiger partial charge is 0.352 e. The Bertz CT molecular complexity index is 951. The van der Waals surface area contributed by atoms with Crippen molar-refractivity contribution in [2.24, 2.45) is 0 Å². The van der Waals surface area contributed by atoms with Gasteiger partial charge in [0.15, 0.2) is 0 Å². The van der Waals surface area contributed by atoms with Crippen LogP contribution in [0.15, 0.2) is 59.5 Å². The molecule has 0 fully saturated rings. The van der Waals surface area contributed by atoms with Gasteiger partial charge in [-0.15, -0.1) is 0 Å². The van der Waals surface area contributed by atoms with Crippen LogP contribution in [0, 0.1) is 17.1 Å².